The molecule has 1 saturated carbocycles. The van der Waals surface area contributed by atoms with Crippen LogP contribution in [0, 0.1) is 23.2 Å². The molecule has 1 aromatic heterocycles. The van der Waals surface area contributed by atoms with Crippen LogP contribution in [0.2, 0.25) is 0 Å². The van der Waals surface area contributed by atoms with Crippen LogP contribution >= 0.6 is 0 Å². The molecule has 2 bridgehead atoms. The van der Waals surface area contributed by atoms with Crippen LogP contribution in [0.5, 0.6) is 0 Å². The van der Waals surface area contributed by atoms with Crippen molar-refractivity contribution in [3.63, 3.8) is 0 Å². The lowest BCUT2D eigenvalue weighted by atomic mass is 10.1. The molecule has 4 rings (SSSR count). The highest BCUT2D eigenvalue weighted by atomic mass is 16.2. The molecule has 3 N–H and O–H groups in total. The van der Waals surface area contributed by atoms with Crippen LogP contribution in [-0.2, 0) is 4.79 Å². The van der Waals surface area contributed by atoms with E-state index >= 15 is 0 Å². The van der Waals surface area contributed by atoms with Gasteiger partial charge in [0.1, 0.15) is 5.82 Å². The Bertz CT molecular complexity index is 846. The highest BCUT2D eigenvalue weighted by Crippen LogP contribution is 2.43. The van der Waals surface area contributed by atoms with Crippen LogP contribution in [-0.4, -0.2) is 59.2 Å². The molecule has 3 aliphatic rings. The first-order chi connectivity index (χ1) is 13.6. The smallest absolute Gasteiger partial charge is 0.229 e. The number of nitrogens with one attached hydrogen (secondary N) is 1. The second-order valence-electron chi connectivity index (χ2n) is 7.49. The monoisotopic (exact) mass is 380 g/mol. The topological polar surface area (TPSA) is 124 Å². The van der Waals surface area contributed by atoms with Crippen molar-refractivity contribution in [1.29, 1.82) is 5.26 Å². The van der Waals surface area contributed by atoms with Gasteiger partial charge in [-0.05, 0) is 25.3 Å². The fourth-order valence-corrected chi connectivity index (χ4v) is 4.22. The zero-order chi connectivity index (χ0) is 19.7. The van der Waals surface area contributed by atoms with E-state index < -0.39 is 0 Å². The van der Waals surface area contributed by atoms with Crippen LogP contribution in [0.4, 0.5) is 11.8 Å². The number of aromatic nitrogens is 2. The molecule has 146 valence electrons. The minimum absolute atomic E-state index is 0.0862. The predicted molar refractivity (Wildman–Crippen MR) is 105 cm³/mol. The number of nitriles is 1. The highest BCUT2D eigenvalue weighted by molar-refractivity contribution is 5.84. The van der Waals surface area contributed by atoms with Gasteiger partial charge in [0, 0.05) is 50.8 Å². The maximum Gasteiger partial charge on any atom is 0.229 e. The lowest BCUT2D eigenvalue weighted by Gasteiger charge is -2.41. The van der Waals surface area contributed by atoms with E-state index in [4.69, 9.17) is 11.0 Å². The molecular formula is C19H24N8O. The van der Waals surface area contributed by atoms with Gasteiger partial charge in [-0.1, -0.05) is 0 Å². The number of allylic oxidation sites excluding steroid dienone is 1. The standard InChI is InChI=1S/C19H24N8O/c1-22-9-13(8-21)24-19-23-5-4-17(25-19)26-10-14-2-3-15(11-26)27(14)18(28)16-6-12(16)7-20/h4-5,8-9,12,14-16H,2-3,6,10-11,21H2,1H3,(H,23,24,25)/t12-,14-,15+,16-/m1/s1. The highest BCUT2D eigenvalue weighted by Gasteiger charge is 2.51. The largest absolute Gasteiger partial charge is 0.403 e. The maximum absolute atomic E-state index is 12.8. The number of rotatable bonds is 5. The van der Waals surface area contributed by atoms with E-state index in [0.717, 1.165) is 31.7 Å². The van der Waals surface area contributed by atoms with Gasteiger partial charge in [0.2, 0.25) is 11.9 Å². The lowest BCUT2D eigenvalue weighted by molar-refractivity contribution is -0.136. The molecular weight excluding hydrogens is 356 g/mol. The molecule has 0 radical (unpaired) electrons. The minimum atomic E-state index is -0.0868. The Morgan fingerprint density at radius 1 is 1.43 bits per heavy atom. The molecule has 4 atom stereocenters. The summed E-state index contributed by atoms with van der Waals surface area (Å²) in [5, 5.41) is 12.1. The number of piperazine rings is 1. The second-order valence-corrected chi connectivity index (χ2v) is 7.49. The summed E-state index contributed by atoms with van der Waals surface area (Å²) in [4.78, 5) is 29.8. The number of hydrogen-bond acceptors (Lipinski definition) is 8. The van der Waals surface area contributed by atoms with E-state index in [0.29, 0.717) is 18.1 Å². The Morgan fingerprint density at radius 3 is 2.79 bits per heavy atom. The lowest BCUT2D eigenvalue weighted by Crippen LogP contribution is -2.56. The van der Waals surface area contributed by atoms with E-state index in [9.17, 15) is 4.79 Å². The van der Waals surface area contributed by atoms with Crippen molar-refractivity contribution in [3.05, 3.63) is 24.2 Å². The summed E-state index contributed by atoms with van der Waals surface area (Å²) in [7, 11) is 1.67. The first-order valence-electron chi connectivity index (χ1n) is 9.55. The maximum atomic E-state index is 12.8. The van der Waals surface area contributed by atoms with Crippen molar-refractivity contribution in [3.8, 4) is 6.07 Å². The molecule has 0 aromatic carbocycles. The number of carbonyl (C=O) groups is 1. The van der Waals surface area contributed by atoms with Gasteiger partial charge < -0.3 is 20.9 Å². The Hall–Kier alpha value is -3.15. The molecule has 1 aromatic rings. The summed E-state index contributed by atoms with van der Waals surface area (Å²) < 4.78 is 0. The van der Waals surface area contributed by atoms with Gasteiger partial charge >= 0.3 is 0 Å². The van der Waals surface area contributed by atoms with Crippen molar-refractivity contribution in [1.82, 2.24) is 14.9 Å². The molecule has 2 saturated heterocycles. The summed E-state index contributed by atoms with van der Waals surface area (Å²) in [6.07, 6.45) is 7.45. The van der Waals surface area contributed by atoms with Crippen LogP contribution in [0.25, 0.3) is 0 Å². The number of nitrogens with two attached hydrogens (primary N) is 1. The number of carbonyl (C=O) groups excluding carboxylic acids is 1. The van der Waals surface area contributed by atoms with E-state index in [2.05, 4.69) is 31.2 Å². The van der Waals surface area contributed by atoms with Gasteiger partial charge in [-0.25, -0.2) is 4.98 Å². The summed E-state index contributed by atoms with van der Waals surface area (Å²) >= 11 is 0. The second kappa shape index (κ2) is 7.46. The van der Waals surface area contributed by atoms with Crippen LogP contribution in [0.1, 0.15) is 19.3 Å². The van der Waals surface area contributed by atoms with Crippen molar-refractivity contribution >= 4 is 23.9 Å². The molecule has 1 aliphatic carbocycles. The molecule has 3 fully saturated rings. The number of hydrogen-bond donors (Lipinski definition) is 2. The van der Waals surface area contributed by atoms with Gasteiger partial charge in [-0.15, -0.1) is 0 Å². The Kier molecular flexibility index (Phi) is 4.86. The third kappa shape index (κ3) is 3.38. The van der Waals surface area contributed by atoms with Gasteiger partial charge in [0.25, 0.3) is 0 Å². The first kappa shape index (κ1) is 18.2. The van der Waals surface area contributed by atoms with Crippen molar-refractivity contribution in [2.45, 2.75) is 31.3 Å². The summed E-state index contributed by atoms with van der Waals surface area (Å²) in [5.74, 6) is 1.27. The Morgan fingerprint density at radius 2 is 2.18 bits per heavy atom. The van der Waals surface area contributed by atoms with Crippen molar-refractivity contribution in [2.24, 2.45) is 22.6 Å². The fraction of sp³-hybridized carbons (Fsp3) is 0.526. The van der Waals surface area contributed by atoms with Crippen LogP contribution < -0.4 is 16.0 Å². The zero-order valence-corrected chi connectivity index (χ0v) is 15.8. The SMILES string of the molecule is CN=CC(=CN)Nc1nccc(N2C[C@H]3CC[C@@H](C2)N3C(=O)[C@@H]2C[C@@H]2C#N)n1. The minimum Gasteiger partial charge on any atom is -0.403 e. The third-order valence-corrected chi connectivity index (χ3v) is 5.68. The van der Waals surface area contributed by atoms with Crippen molar-refractivity contribution < 1.29 is 4.79 Å². The fourth-order valence-electron chi connectivity index (χ4n) is 4.22. The van der Waals surface area contributed by atoms with E-state index in [1.807, 2.05) is 11.0 Å². The number of aliphatic imine (C=N–C) groups is 1. The summed E-state index contributed by atoms with van der Waals surface area (Å²) in [6.45, 7) is 1.50. The molecule has 0 unspecified atom stereocenters. The molecule has 2 aliphatic heterocycles. The zero-order valence-electron chi connectivity index (χ0n) is 15.8. The first-order valence-corrected chi connectivity index (χ1v) is 9.55. The average molecular weight is 380 g/mol. The molecule has 9 heteroatoms. The third-order valence-electron chi connectivity index (χ3n) is 5.68. The Balaban J connectivity index is 1.46. The predicted octanol–water partition coefficient (Wildman–Crippen LogP) is 0.728. The average Bonchev–Trinajstić information content (AvgIpc) is 3.46. The normalized spacial score (nSPS) is 29.1. The van der Waals surface area contributed by atoms with Gasteiger partial charge in [0.05, 0.1) is 23.6 Å². The van der Waals surface area contributed by atoms with E-state index in [1.165, 1.54) is 6.20 Å². The van der Waals surface area contributed by atoms with Crippen molar-refractivity contribution in [2.75, 3.05) is 30.4 Å². The molecule has 3 heterocycles. The summed E-state index contributed by atoms with van der Waals surface area (Å²) in [5.41, 5.74) is 6.20. The molecule has 9 nitrogen and oxygen atoms in total. The van der Waals surface area contributed by atoms with Gasteiger partial charge in [-0.2, -0.15) is 10.2 Å². The number of fused-ring (bicyclic) bond motifs is 2. The van der Waals surface area contributed by atoms with Gasteiger partial charge in [-0.3, -0.25) is 9.79 Å². The molecule has 0 spiro atoms. The Labute approximate surface area is 163 Å². The quantitative estimate of drug-likeness (QED) is 0.722. The van der Waals surface area contributed by atoms with Crippen LogP contribution in [0.15, 0.2) is 29.2 Å². The van der Waals surface area contributed by atoms with Crippen LogP contribution in [0.3, 0.4) is 0 Å². The number of nitrogens with zero attached hydrogens (tertiary/aromatic N) is 6. The number of amides is 1. The molecule has 1 amide bonds. The van der Waals surface area contributed by atoms with Gasteiger partial charge in [0.15, 0.2) is 0 Å². The summed E-state index contributed by atoms with van der Waals surface area (Å²) in [6, 6.07) is 4.48. The van der Waals surface area contributed by atoms with E-state index in [-0.39, 0.29) is 29.8 Å². The van der Waals surface area contributed by atoms with E-state index in [1.54, 1.807) is 19.5 Å². The molecule has 28 heavy (non-hydrogen) atoms. The number of anilines is 2.